The van der Waals surface area contributed by atoms with Gasteiger partial charge in [0.05, 0.1) is 23.9 Å². The number of rotatable bonds is 4. The zero-order valence-corrected chi connectivity index (χ0v) is 19.3. The average Bonchev–Trinajstić information content (AvgIpc) is 3.25. The van der Waals surface area contributed by atoms with E-state index in [0.29, 0.717) is 13.0 Å². The highest BCUT2D eigenvalue weighted by Crippen LogP contribution is 2.52. The van der Waals surface area contributed by atoms with Gasteiger partial charge in [0, 0.05) is 29.2 Å². The predicted molar refractivity (Wildman–Crippen MR) is 126 cm³/mol. The number of aromatic amines is 1. The molecule has 1 aromatic heterocycles. The van der Waals surface area contributed by atoms with Crippen LogP contribution < -0.4 is 0 Å². The monoisotopic (exact) mass is 472 g/mol. The van der Waals surface area contributed by atoms with E-state index in [4.69, 9.17) is 14.2 Å². The van der Waals surface area contributed by atoms with E-state index in [0.717, 1.165) is 22.2 Å². The second-order valence-electron chi connectivity index (χ2n) is 8.89. The van der Waals surface area contributed by atoms with Gasteiger partial charge in [-0.3, -0.25) is 4.79 Å². The normalized spacial score (nSPS) is 25.1. The molecule has 1 unspecified atom stereocenters. The second kappa shape index (κ2) is 7.83. The maximum absolute atomic E-state index is 13.4. The third-order valence-corrected chi connectivity index (χ3v) is 7.04. The SMILES string of the molecule is COC(=O)C1=CC(C(=O)c2ccccc2O)=CN2CCc3c([nH]c4ccccc34)C12C1OC(C)O1. The molecule has 4 heterocycles. The number of ketones is 1. The highest BCUT2D eigenvalue weighted by molar-refractivity contribution is 6.13. The molecule has 1 saturated heterocycles. The molecule has 3 aliphatic rings. The van der Waals surface area contributed by atoms with Gasteiger partial charge in [0.2, 0.25) is 0 Å². The first-order valence-electron chi connectivity index (χ1n) is 11.5. The molecule has 0 amide bonds. The smallest absolute Gasteiger partial charge is 0.336 e. The number of carbonyl (C=O) groups excluding carboxylic acids is 2. The molecule has 0 bridgehead atoms. The van der Waals surface area contributed by atoms with Crippen molar-refractivity contribution in [1.82, 2.24) is 9.88 Å². The van der Waals surface area contributed by atoms with Crippen molar-refractivity contribution in [3.8, 4) is 5.75 Å². The topological polar surface area (TPSA) is 101 Å². The molecule has 35 heavy (non-hydrogen) atoms. The Hall–Kier alpha value is -3.88. The molecule has 3 aromatic rings. The summed E-state index contributed by atoms with van der Waals surface area (Å²) < 4.78 is 17.3. The molecule has 1 fully saturated rings. The van der Waals surface area contributed by atoms with Gasteiger partial charge in [-0.1, -0.05) is 30.3 Å². The van der Waals surface area contributed by atoms with Gasteiger partial charge in [-0.25, -0.2) is 4.79 Å². The van der Waals surface area contributed by atoms with Crippen molar-refractivity contribution in [1.29, 1.82) is 0 Å². The van der Waals surface area contributed by atoms with Crippen molar-refractivity contribution in [3.05, 3.63) is 88.8 Å². The fourth-order valence-electron chi connectivity index (χ4n) is 5.47. The van der Waals surface area contributed by atoms with Crippen LogP contribution in [0.2, 0.25) is 0 Å². The van der Waals surface area contributed by atoms with Gasteiger partial charge < -0.3 is 29.2 Å². The number of benzene rings is 2. The van der Waals surface area contributed by atoms with E-state index in [1.54, 1.807) is 31.3 Å². The number of aromatic hydroxyl groups is 1. The minimum atomic E-state index is -1.17. The zero-order chi connectivity index (χ0) is 24.3. The van der Waals surface area contributed by atoms with Crippen LogP contribution >= 0.6 is 0 Å². The first-order chi connectivity index (χ1) is 16.9. The lowest BCUT2D eigenvalue weighted by molar-refractivity contribution is -0.406. The van der Waals surface area contributed by atoms with Crippen molar-refractivity contribution in [2.45, 2.75) is 31.5 Å². The van der Waals surface area contributed by atoms with Gasteiger partial charge in [-0.2, -0.15) is 0 Å². The minimum absolute atomic E-state index is 0.126. The number of phenolic OH excluding ortho intramolecular Hbond substituents is 1. The molecule has 0 saturated carbocycles. The summed E-state index contributed by atoms with van der Waals surface area (Å²) in [6, 6.07) is 14.3. The van der Waals surface area contributed by atoms with Crippen LogP contribution in [0.5, 0.6) is 5.75 Å². The van der Waals surface area contributed by atoms with Gasteiger partial charge in [0.1, 0.15) is 5.75 Å². The molecule has 178 valence electrons. The van der Waals surface area contributed by atoms with Crippen LogP contribution in [0.15, 0.2) is 72.0 Å². The van der Waals surface area contributed by atoms with Crippen LogP contribution in [0, 0.1) is 0 Å². The van der Waals surface area contributed by atoms with E-state index in [9.17, 15) is 14.7 Å². The maximum Gasteiger partial charge on any atom is 0.336 e. The molecule has 6 rings (SSSR count). The Kier molecular flexibility index (Phi) is 4.84. The summed E-state index contributed by atoms with van der Waals surface area (Å²) in [6.07, 6.45) is 2.72. The summed E-state index contributed by atoms with van der Waals surface area (Å²) >= 11 is 0. The number of phenols is 1. The third-order valence-electron chi connectivity index (χ3n) is 7.04. The van der Waals surface area contributed by atoms with Crippen molar-refractivity contribution in [2.75, 3.05) is 13.7 Å². The number of allylic oxidation sites excluding steroid dienone is 2. The predicted octanol–water partition coefficient (Wildman–Crippen LogP) is 3.53. The van der Waals surface area contributed by atoms with Crippen LogP contribution in [0.1, 0.15) is 28.5 Å². The Labute approximate surface area is 201 Å². The first kappa shape index (κ1) is 21.6. The number of hydrogen-bond acceptors (Lipinski definition) is 7. The van der Waals surface area contributed by atoms with Crippen molar-refractivity contribution in [3.63, 3.8) is 0 Å². The number of nitrogens with zero attached hydrogens (tertiary/aromatic N) is 1. The number of nitrogens with one attached hydrogen (secondary N) is 1. The fraction of sp³-hybridized carbons (Fsp3) is 0.259. The number of ether oxygens (including phenoxy) is 3. The number of hydrogen-bond donors (Lipinski definition) is 2. The number of fused-ring (bicyclic) bond motifs is 5. The largest absolute Gasteiger partial charge is 0.507 e. The summed E-state index contributed by atoms with van der Waals surface area (Å²) in [4.78, 5) is 32.2. The van der Waals surface area contributed by atoms with Gasteiger partial charge >= 0.3 is 5.97 Å². The van der Waals surface area contributed by atoms with E-state index in [1.165, 1.54) is 19.3 Å². The Morgan fingerprint density at radius 2 is 1.89 bits per heavy atom. The first-order valence-corrected chi connectivity index (χ1v) is 11.5. The van der Waals surface area contributed by atoms with Gasteiger partial charge in [0.15, 0.2) is 23.9 Å². The van der Waals surface area contributed by atoms with Crippen molar-refractivity contribution < 1.29 is 28.9 Å². The Balaban J connectivity index is 1.58. The summed E-state index contributed by atoms with van der Waals surface area (Å²) in [5, 5.41) is 11.3. The van der Waals surface area contributed by atoms with Crippen molar-refractivity contribution in [2.24, 2.45) is 0 Å². The summed E-state index contributed by atoms with van der Waals surface area (Å²) in [5.41, 5.74) is 2.26. The number of carbonyl (C=O) groups is 2. The van der Waals surface area contributed by atoms with E-state index in [1.807, 2.05) is 29.2 Å². The lowest BCUT2D eigenvalue weighted by Crippen LogP contribution is -2.65. The number of methoxy groups -OCH3 is 1. The van der Waals surface area contributed by atoms with E-state index in [-0.39, 0.29) is 22.5 Å². The molecule has 3 aliphatic heterocycles. The van der Waals surface area contributed by atoms with Crippen LogP contribution in [-0.2, 0) is 31.0 Å². The highest BCUT2D eigenvalue weighted by Gasteiger charge is 2.61. The quantitative estimate of drug-likeness (QED) is 0.443. The fourth-order valence-corrected chi connectivity index (χ4v) is 5.47. The maximum atomic E-state index is 13.4. The number of esters is 1. The lowest BCUT2D eigenvalue weighted by atomic mass is 9.74. The standard InChI is InChI=1S/C27H24N2O6/c1-15-34-26(35-15)27-20(25(32)33-2)13-16(23(31)19-8-4-6-10-22(19)30)14-29(27)12-11-18-17-7-3-5-9-21(17)28-24(18)27/h3-10,13-15,26,28,30H,11-12H2,1-2H3. The molecule has 2 N–H and O–H groups in total. The van der Waals surface area contributed by atoms with E-state index >= 15 is 0 Å². The molecule has 0 radical (unpaired) electrons. The number of Topliss-reactive ketones (excluding diaryl/α,β-unsaturated/α-hetero) is 1. The zero-order valence-electron chi connectivity index (χ0n) is 19.3. The molecule has 0 spiro atoms. The third kappa shape index (κ3) is 3.00. The summed E-state index contributed by atoms with van der Waals surface area (Å²) in [6.45, 7) is 2.30. The lowest BCUT2D eigenvalue weighted by Gasteiger charge is -2.55. The van der Waals surface area contributed by atoms with Crippen LogP contribution in [0.4, 0.5) is 0 Å². The second-order valence-corrected chi connectivity index (χ2v) is 8.89. The highest BCUT2D eigenvalue weighted by atomic mass is 16.9. The molecule has 1 atom stereocenters. The summed E-state index contributed by atoms with van der Waals surface area (Å²) in [7, 11) is 1.31. The van der Waals surface area contributed by atoms with Crippen molar-refractivity contribution >= 4 is 22.7 Å². The molecule has 0 aliphatic carbocycles. The van der Waals surface area contributed by atoms with E-state index in [2.05, 4.69) is 4.98 Å². The number of H-pyrrole nitrogens is 1. The van der Waals surface area contributed by atoms with Crippen LogP contribution in [-0.4, -0.2) is 53.0 Å². The van der Waals surface area contributed by atoms with Gasteiger partial charge in [0.25, 0.3) is 0 Å². The average molecular weight is 472 g/mol. The molecular formula is C27H24N2O6. The summed E-state index contributed by atoms with van der Waals surface area (Å²) in [5.74, 6) is -1.12. The van der Waals surface area contributed by atoms with Gasteiger partial charge in [-0.15, -0.1) is 0 Å². The molecule has 8 nitrogen and oxygen atoms in total. The minimum Gasteiger partial charge on any atom is -0.507 e. The Morgan fingerprint density at radius 1 is 1.14 bits per heavy atom. The Bertz CT molecular complexity index is 1430. The molecule has 8 heteroatoms. The number of aromatic nitrogens is 1. The van der Waals surface area contributed by atoms with Gasteiger partial charge in [-0.05, 0) is 43.2 Å². The van der Waals surface area contributed by atoms with Crippen LogP contribution in [0.25, 0.3) is 10.9 Å². The molecule has 2 aromatic carbocycles. The van der Waals surface area contributed by atoms with E-state index < -0.39 is 29.9 Å². The van der Waals surface area contributed by atoms with Crippen LogP contribution in [0.3, 0.4) is 0 Å². The molecular weight excluding hydrogens is 448 g/mol. The Morgan fingerprint density at radius 3 is 2.63 bits per heavy atom. The number of para-hydroxylation sites is 2.